The molecule has 0 bridgehead atoms. The Morgan fingerprint density at radius 1 is 1.12 bits per heavy atom. The third kappa shape index (κ3) is 23.6. The van der Waals surface area contributed by atoms with Gasteiger partial charge in [0.2, 0.25) is 0 Å². The third-order valence-corrected chi connectivity index (χ3v) is 1.73. The van der Waals surface area contributed by atoms with Crippen molar-refractivity contribution in [3.8, 4) is 0 Å². The van der Waals surface area contributed by atoms with E-state index >= 15 is 0 Å². The van der Waals surface area contributed by atoms with E-state index in [-0.39, 0.29) is 5.60 Å². The molecule has 0 aliphatic heterocycles. The maximum Gasteiger partial charge on any atom is 0.0638 e. The molecular formula is C13H33NO2. The molecule has 0 aromatic rings. The van der Waals surface area contributed by atoms with E-state index in [2.05, 4.69) is 25.5 Å². The predicted molar refractivity (Wildman–Crippen MR) is 72.9 cm³/mol. The van der Waals surface area contributed by atoms with Gasteiger partial charge in [-0.1, -0.05) is 20.8 Å². The number of methoxy groups -OCH3 is 1. The van der Waals surface area contributed by atoms with Crippen molar-refractivity contribution < 1.29 is 9.47 Å². The SMILES string of the molecule is CC.CCCOC(C)(C)CCN.CCOC. The lowest BCUT2D eigenvalue weighted by atomic mass is 10.1. The molecule has 0 rings (SSSR count). The molecule has 0 aromatic heterocycles. The van der Waals surface area contributed by atoms with Crippen molar-refractivity contribution in [2.75, 3.05) is 26.9 Å². The quantitative estimate of drug-likeness (QED) is 0.769. The highest BCUT2D eigenvalue weighted by atomic mass is 16.5. The number of nitrogens with two attached hydrogens (primary N) is 1. The minimum atomic E-state index is -0.0231. The number of rotatable bonds is 6. The van der Waals surface area contributed by atoms with E-state index in [0.29, 0.717) is 6.54 Å². The molecule has 0 fully saturated rings. The number of hydrogen-bond donors (Lipinski definition) is 1. The van der Waals surface area contributed by atoms with Crippen LogP contribution < -0.4 is 5.73 Å². The Balaban J connectivity index is -0.000000237. The molecule has 0 aliphatic carbocycles. The summed E-state index contributed by atoms with van der Waals surface area (Å²) in [4.78, 5) is 0. The summed E-state index contributed by atoms with van der Waals surface area (Å²) >= 11 is 0. The average Bonchev–Trinajstić information content (AvgIpc) is 2.29. The Morgan fingerprint density at radius 3 is 1.81 bits per heavy atom. The highest BCUT2D eigenvalue weighted by Gasteiger charge is 2.15. The first-order valence-electron chi connectivity index (χ1n) is 6.37. The van der Waals surface area contributed by atoms with Gasteiger partial charge >= 0.3 is 0 Å². The molecule has 3 heteroatoms. The second-order valence-corrected chi connectivity index (χ2v) is 3.72. The molecule has 0 amide bonds. The van der Waals surface area contributed by atoms with Gasteiger partial charge in [-0.3, -0.25) is 0 Å². The Bertz CT molecular complexity index is 104. The van der Waals surface area contributed by atoms with E-state index in [1.807, 2.05) is 20.8 Å². The van der Waals surface area contributed by atoms with Crippen LogP contribution in [0, 0.1) is 0 Å². The Hall–Kier alpha value is -0.120. The topological polar surface area (TPSA) is 44.5 Å². The first kappa shape index (κ1) is 21.2. The highest BCUT2D eigenvalue weighted by molar-refractivity contribution is 4.68. The zero-order valence-corrected chi connectivity index (χ0v) is 12.4. The van der Waals surface area contributed by atoms with Crippen LogP contribution in [0.1, 0.15) is 54.4 Å². The van der Waals surface area contributed by atoms with Crippen molar-refractivity contribution in [3.05, 3.63) is 0 Å². The lowest BCUT2D eigenvalue weighted by molar-refractivity contribution is -0.0211. The summed E-state index contributed by atoms with van der Waals surface area (Å²) in [7, 11) is 1.68. The van der Waals surface area contributed by atoms with Crippen LogP contribution in [-0.2, 0) is 9.47 Å². The predicted octanol–water partition coefficient (Wildman–Crippen LogP) is 3.22. The molecule has 2 N–H and O–H groups in total. The van der Waals surface area contributed by atoms with Crippen LogP contribution in [-0.4, -0.2) is 32.5 Å². The van der Waals surface area contributed by atoms with Crippen molar-refractivity contribution in [2.45, 2.75) is 60.0 Å². The summed E-state index contributed by atoms with van der Waals surface area (Å²) in [5.41, 5.74) is 5.38. The molecule has 0 spiro atoms. The van der Waals surface area contributed by atoms with Gasteiger partial charge in [0.05, 0.1) is 5.60 Å². The molecular weight excluding hydrogens is 202 g/mol. The van der Waals surface area contributed by atoms with Crippen LogP contribution in [0.15, 0.2) is 0 Å². The van der Waals surface area contributed by atoms with Gasteiger partial charge in [-0.15, -0.1) is 0 Å². The summed E-state index contributed by atoms with van der Waals surface area (Å²) in [6, 6.07) is 0. The lowest BCUT2D eigenvalue weighted by Crippen LogP contribution is -2.28. The Labute approximate surface area is 103 Å². The smallest absolute Gasteiger partial charge is 0.0638 e. The number of ether oxygens (including phenoxy) is 2. The highest BCUT2D eigenvalue weighted by Crippen LogP contribution is 2.12. The van der Waals surface area contributed by atoms with E-state index in [9.17, 15) is 0 Å². The van der Waals surface area contributed by atoms with Crippen LogP contribution in [0.25, 0.3) is 0 Å². The summed E-state index contributed by atoms with van der Waals surface area (Å²) in [6.07, 6.45) is 2.01. The normalized spacial score (nSPS) is 9.75. The molecule has 3 nitrogen and oxygen atoms in total. The van der Waals surface area contributed by atoms with Crippen LogP contribution in [0.4, 0.5) is 0 Å². The van der Waals surface area contributed by atoms with E-state index in [4.69, 9.17) is 10.5 Å². The summed E-state index contributed by atoms with van der Waals surface area (Å²) in [6.45, 7) is 14.6. The van der Waals surface area contributed by atoms with Gasteiger partial charge in [0.25, 0.3) is 0 Å². The first-order valence-corrected chi connectivity index (χ1v) is 6.37. The van der Waals surface area contributed by atoms with Crippen LogP contribution in [0.2, 0.25) is 0 Å². The van der Waals surface area contributed by atoms with Gasteiger partial charge < -0.3 is 15.2 Å². The zero-order valence-electron chi connectivity index (χ0n) is 12.4. The van der Waals surface area contributed by atoms with Gasteiger partial charge in [-0.25, -0.2) is 0 Å². The van der Waals surface area contributed by atoms with Gasteiger partial charge in [-0.2, -0.15) is 0 Å². The fraction of sp³-hybridized carbons (Fsp3) is 1.00. The molecule has 0 atom stereocenters. The van der Waals surface area contributed by atoms with Crippen LogP contribution in [0.5, 0.6) is 0 Å². The average molecular weight is 235 g/mol. The third-order valence-electron chi connectivity index (χ3n) is 1.73. The maximum atomic E-state index is 5.54. The molecule has 0 saturated carbocycles. The minimum Gasteiger partial charge on any atom is -0.385 e. The first-order chi connectivity index (χ1) is 7.54. The van der Waals surface area contributed by atoms with Crippen molar-refractivity contribution in [1.82, 2.24) is 0 Å². The van der Waals surface area contributed by atoms with Crippen LogP contribution >= 0.6 is 0 Å². The summed E-state index contributed by atoms with van der Waals surface area (Å²) in [5.74, 6) is 0. The number of hydrogen-bond acceptors (Lipinski definition) is 3. The molecule has 0 aliphatic rings. The Kier molecular flexibility index (Phi) is 22.9. The maximum absolute atomic E-state index is 5.54. The van der Waals surface area contributed by atoms with E-state index < -0.39 is 0 Å². The molecule has 0 radical (unpaired) electrons. The van der Waals surface area contributed by atoms with E-state index in [1.165, 1.54) is 0 Å². The van der Waals surface area contributed by atoms with Crippen molar-refractivity contribution in [3.63, 3.8) is 0 Å². The fourth-order valence-corrected chi connectivity index (χ4v) is 0.798. The van der Waals surface area contributed by atoms with Crippen molar-refractivity contribution in [1.29, 1.82) is 0 Å². The Morgan fingerprint density at radius 2 is 1.56 bits per heavy atom. The molecule has 0 aromatic carbocycles. The zero-order chi connectivity index (χ0) is 13.4. The van der Waals surface area contributed by atoms with Crippen molar-refractivity contribution >= 4 is 0 Å². The van der Waals surface area contributed by atoms with Crippen molar-refractivity contribution in [2.24, 2.45) is 5.73 Å². The second kappa shape index (κ2) is 17.3. The van der Waals surface area contributed by atoms with E-state index in [1.54, 1.807) is 7.11 Å². The van der Waals surface area contributed by atoms with Crippen LogP contribution in [0.3, 0.4) is 0 Å². The molecule has 0 unspecified atom stereocenters. The standard InChI is InChI=1S/C8H19NO.C3H8O.C2H6/c1-4-7-10-8(2,3)5-6-9;1-3-4-2;1-2/h4-7,9H2,1-3H3;3H2,1-2H3;1-2H3. The summed E-state index contributed by atoms with van der Waals surface area (Å²) < 4.78 is 10.1. The molecule has 102 valence electrons. The monoisotopic (exact) mass is 235 g/mol. The van der Waals surface area contributed by atoms with Gasteiger partial charge in [0, 0.05) is 20.3 Å². The largest absolute Gasteiger partial charge is 0.385 e. The van der Waals surface area contributed by atoms with Gasteiger partial charge in [0.1, 0.15) is 0 Å². The van der Waals surface area contributed by atoms with Gasteiger partial charge in [-0.05, 0) is 40.2 Å². The van der Waals surface area contributed by atoms with Gasteiger partial charge in [0.15, 0.2) is 0 Å². The molecule has 0 heterocycles. The fourth-order valence-electron chi connectivity index (χ4n) is 0.798. The molecule has 16 heavy (non-hydrogen) atoms. The minimum absolute atomic E-state index is 0.0231. The second-order valence-electron chi connectivity index (χ2n) is 3.72. The lowest BCUT2D eigenvalue weighted by Gasteiger charge is -2.24. The summed E-state index contributed by atoms with van der Waals surface area (Å²) in [5, 5.41) is 0. The van der Waals surface area contributed by atoms with E-state index in [0.717, 1.165) is 26.1 Å². The molecule has 0 saturated heterocycles.